The Morgan fingerprint density at radius 3 is 2.76 bits per heavy atom. The molecule has 0 saturated carbocycles. The summed E-state index contributed by atoms with van der Waals surface area (Å²) in [4.78, 5) is 23.6. The summed E-state index contributed by atoms with van der Waals surface area (Å²) in [6.07, 6.45) is 5.32. The molecule has 1 fully saturated rings. The average molecular weight is 393 g/mol. The van der Waals surface area contributed by atoms with Crippen molar-refractivity contribution in [3.05, 3.63) is 54.5 Å². The molecule has 0 bridgehead atoms. The highest BCUT2D eigenvalue weighted by atomic mass is 16.5. The molecule has 1 aliphatic rings. The largest absolute Gasteiger partial charge is 0.481 e. The summed E-state index contributed by atoms with van der Waals surface area (Å²) in [5, 5.41) is 4.60. The first-order valence-electron chi connectivity index (χ1n) is 9.53. The molecule has 3 aromatic rings. The van der Waals surface area contributed by atoms with Crippen molar-refractivity contribution in [1.29, 1.82) is 0 Å². The number of aromatic nitrogens is 4. The maximum atomic E-state index is 13.1. The Kier molecular flexibility index (Phi) is 5.53. The Balaban J connectivity index is 1.72. The molecule has 1 atom stereocenters. The fourth-order valence-corrected chi connectivity index (χ4v) is 3.47. The zero-order chi connectivity index (χ0) is 20.2. The quantitative estimate of drug-likeness (QED) is 0.663. The summed E-state index contributed by atoms with van der Waals surface area (Å²) in [6.45, 7) is 1.28. The molecule has 8 nitrogen and oxygen atoms in total. The number of rotatable bonds is 5. The van der Waals surface area contributed by atoms with E-state index in [4.69, 9.17) is 9.47 Å². The van der Waals surface area contributed by atoms with Crippen molar-refractivity contribution in [2.75, 3.05) is 27.3 Å². The van der Waals surface area contributed by atoms with Crippen LogP contribution >= 0.6 is 0 Å². The van der Waals surface area contributed by atoms with E-state index in [1.54, 1.807) is 48.3 Å². The van der Waals surface area contributed by atoms with E-state index in [0.29, 0.717) is 24.7 Å². The molecule has 1 unspecified atom stereocenters. The molecular weight excluding hydrogens is 370 g/mol. The maximum absolute atomic E-state index is 13.1. The van der Waals surface area contributed by atoms with Crippen LogP contribution in [-0.2, 0) is 4.74 Å². The van der Waals surface area contributed by atoms with Crippen molar-refractivity contribution < 1.29 is 14.3 Å². The molecule has 1 amide bonds. The lowest BCUT2D eigenvalue weighted by atomic mass is 10.1. The van der Waals surface area contributed by atoms with E-state index in [9.17, 15) is 4.79 Å². The lowest BCUT2D eigenvalue weighted by Crippen LogP contribution is -2.43. The first-order chi connectivity index (χ1) is 14.2. The van der Waals surface area contributed by atoms with Gasteiger partial charge in [-0.25, -0.2) is 9.67 Å². The van der Waals surface area contributed by atoms with Gasteiger partial charge in [-0.2, -0.15) is 5.10 Å². The van der Waals surface area contributed by atoms with Gasteiger partial charge in [0.1, 0.15) is 0 Å². The number of amides is 1. The Hall–Kier alpha value is -3.26. The van der Waals surface area contributed by atoms with Crippen molar-refractivity contribution in [3.8, 4) is 23.0 Å². The van der Waals surface area contributed by atoms with Crippen LogP contribution in [0.3, 0.4) is 0 Å². The van der Waals surface area contributed by atoms with Gasteiger partial charge in [0.15, 0.2) is 5.69 Å². The molecular formula is C21H23N5O3. The van der Waals surface area contributed by atoms with Gasteiger partial charge < -0.3 is 14.4 Å². The van der Waals surface area contributed by atoms with E-state index in [1.807, 2.05) is 24.3 Å². The highest BCUT2D eigenvalue weighted by Gasteiger charge is 2.27. The van der Waals surface area contributed by atoms with E-state index in [2.05, 4.69) is 15.1 Å². The zero-order valence-electron chi connectivity index (χ0n) is 16.5. The average Bonchev–Trinajstić information content (AvgIpc) is 3.24. The Morgan fingerprint density at radius 2 is 2.07 bits per heavy atom. The van der Waals surface area contributed by atoms with E-state index >= 15 is 0 Å². The Bertz CT molecular complexity index is 972. The van der Waals surface area contributed by atoms with Crippen LogP contribution in [0.25, 0.3) is 17.1 Å². The van der Waals surface area contributed by atoms with Gasteiger partial charge in [-0.05, 0) is 37.1 Å². The number of carbonyl (C=O) groups is 1. The van der Waals surface area contributed by atoms with Crippen molar-refractivity contribution >= 4 is 5.91 Å². The molecule has 0 N–H and O–H groups in total. The minimum Gasteiger partial charge on any atom is -0.481 e. The topological polar surface area (TPSA) is 82.4 Å². The van der Waals surface area contributed by atoms with Crippen LogP contribution in [-0.4, -0.2) is 64.0 Å². The van der Waals surface area contributed by atoms with Crippen LogP contribution in [0.1, 0.15) is 23.3 Å². The predicted octanol–water partition coefficient (Wildman–Crippen LogP) is 2.59. The van der Waals surface area contributed by atoms with Crippen LogP contribution in [0.4, 0.5) is 0 Å². The number of piperidine rings is 1. The first-order valence-corrected chi connectivity index (χ1v) is 9.53. The number of pyridine rings is 2. The molecule has 3 aromatic heterocycles. The summed E-state index contributed by atoms with van der Waals surface area (Å²) < 4.78 is 12.3. The lowest BCUT2D eigenvalue weighted by Gasteiger charge is -2.31. The Morgan fingerprint density at radius 1 is 1.17 bits per heavy atom. The molecule has 8 heteroatoms. The number of carbonyl (C=O) groups excluding carboxylic acids is 1. The standard InChI is InChI=1S/C21H23N5O3/c1-28-16-6-5-11-25(14-16)21(27)18-12-19(17-7-3-4-10-22-17)26(24-18)15-8-9-20(29-2)23-13-15/h3-4,7-10,12-13,16H,5-6,11,14H2,1-2H3. The molecule has 0 aliphatic carbocycles. The second-order valence-corrected chi connectivity index (χ2v) is 6.85. The summed E-state index contributed by atoms with van der Waals surface area (Å²) in [5.74, 6) is 0.402. The summed E-state index contributed by atoms with van der Waals surface area (Å²) in [6, 6.07) is 11.0. The van der Waals surface area contributed by atoms with Crippen LogP contribution in [0.2, 0.25) is 0 Å². The van der Waals surface area contributed by atoms with Gasteiger partial charge in [-0.3, -0.25) is 9.78 Å². The molecule has 4 heterocycles. The molecule has 0 aromatic carbocycles. The highest BCUT2D eigenvalue weighted by Crippen LogP contribution is 2.24. The number of ether oxygens (including phenoxy) is 2. The van der Waals surface area contributed by atoms with Crippen molar-refractivity contribution in [2.24, 2.45) is 0 Å². The van der Waals surface area contributed by atoms with Gasteiger partial charge in [0.2, 0.25) is 5.88 Å². The number of hydrogen-bond acceptors (Lipinski definition) is 6. The molecule has 150 valence electrons. The van der Waals surface area contributed by atoms with Crippen LogP contribution in [0, 0.1) is 0 Å². The smallest absolute Gasteiger partial charge is 0.274 e. The normalized spacial score (nSPS) is 16.6. The lowest BCUT2D eigenvalue weighted by molar-refractivity contribution is 0.0265. The van der Waals surface area contributed by atoms with Crippen LogP contribution in [0.5, 0.6) is 5.88 Å². The number of methoxy groups -OCH3 is 2. The first kappa shape index (κ1) is 19.1. The van der Waals surface area contributed by atoms with Gasteiger partial charge in [-0.15, -0.1) is 0 Å². The van der Waals surface area contributed by atoms with Crippen molar-refractivity contribution in [2.45, 2.75) is 18.9 Å². The van der Waals surface area contributed by atoms with E-state index in [1.165, 1.54) is 0 Å². The Labute approximate surface area is 169 Å². The highest BCUT2D eigenvalue weighted by molar-refractivity contribution is 5.93. The third-order valence-corrected chi connectivity index (χ3v) is 5.03. The molecule has 29 heavy (non-hydrogen) atoms. The maximum Gasteiger partial charge on any atom is 0.274 e. The number of nitrogens with zero attached hydrogens (tertiary/aromatic N) is 5. The van der Waals surface area contributed by atoms with Gasteiger partial charge >= 0.3 is 0 Å². The fraction of sp³-hybridized carbons (Fsp3) is 0.333. The second-order valence-electron chi connectivity index (χ2n) is 6.85. The molecule has 1 saturated heterocycles. The van der Waals surface area contributed by atoms with E-state index in [-0.39, 0.29) is 12.0 Å². The predicted molar refractivity (Wildman–Crippen MR) is 107 cm³/mol. The number of hydrogen-bond donors (Lipinski definition) is 0. The van der Waals surface area contributed by atoms with Crippen molar-refractivity contribution in [3.63, 3.8) is 0 Å². The number of likely N-dealkylation sites (tertiary alicyclic amines) is 1. The van der Waals surface area contributed by atoms with Crippen molar-refractivity contribution in [1.82, 2.24) is 24.6 Å². The summed E-state index contributed by atoms with van der Waals surface area (Å²) >= 11 is 0. The third-order valence-electron chi connectivity index (χ3n) is 5.03. The molecule has 0 radical (unpaired) electrons. The van der Waals surface area contributed by atoms with Gasteiger partial charge in [0.05, 0.1) is 36.5 Å². The third kappa shape index (κ3) is 3.97. The SMILES string of the molecule is COc1ccc(-n2nc(C(=O)N3CCCC(OC)C3)cc2-c2ccccn2)cn1. The molecule has 4 rings (SSSR count). The monoisotopic (exact) mass is 393 g/mol. The fourth-order valence-electron chi connectivity index (χ4n) is 3.47. The van der Waals surface area contributed by atoms with Crippen LogP contribution in [0.15, 0.2) is 48.8 Å². The molecule has 1 aliphatic heterocycles. The van der Waals surface area contributed by atoms with Gasteiger partial charge in [0.25, 0.3) is 5.91 Å². The summed E-state index contributed by atoms with van der Waals surface area (Å²) in [7, 11) is 3.25. The van der Waals surface area contributed by atoms with E-state index in [0.717, 1.165) is 29.9 Å². The minimum atomic E-state index is -0.107. The van der Waals surface area contributed by atoms with Gasteiger partial charge in [-0.1, -0.05) is 6.07 Å². The molecule has 0 spiro atoms. The van der Waals surface area contributed by atoms with Gasteiger partial charge in [0, 0.05) is 32.5 Å². The van der Waals surface area contributed by atoms with E-state index < -0.39 is 0 Å². The van der Waals surface area contributed by atoms with Crippen LogP contribution < -0.4 is 4.74 Å². The second kappa shape index (κ2) is 8.40. The zero-order valence-corrected chi connectivity index (χ0v) is 16.5. The summed E-state index contributed by atoms with van der Waals surface area (Å²) in [5.41, 5.74) is 2.54. The minimum absolute atomic E-state index is 0.0656.